The predicted octanol–water partition coefficient (Wildman–Crippen LogP) is 2.16. The van der Waals surface area contributed by atoms with Crippen molar-refractivity contribution in [2.75, 3.05) is 13.7 Å². The number of benzene rings is 2. The van der Waals surface area contributed by atoms with Crippen molar-refractivity contribution in [1.82, 2.24) is 25.5 Å². The highest BCUT2D eigenvalue weighted by molar-refractivity contribution is 5.94. The minimum absolute atomic E-state index is 0.107. The number of amides is 1. The molecule has 0 saturated heterocycles. The molecule has 0 saturated carbocycles. The smallest absolute Gasteiger partial charge is 0.251 e. The fourth-order valence-electron chi connectivity index (χ4n) is 2.71. The summed E-state index contributed by atoms with van der Waals surface area (Å²) in [5.74, 6) is 2.04. The summed E-state index contributed by atoms with van der Waals surface area (Å²) < 4.78 is 12.5. The number of rotatable bonds is 9. The first-order valence-electron chi connectivity index (χ1n) is 9.01. The largest absolute Gasteiger partial charge is 0.496 e. The minimum atomic E-state index is -0.107. The molecule has 1 heterocycles. The maximum absolute atomic E-state index is 12.3. The molecule has 1 N–H and O–H groups in total. The second-order valence-electron chi connectivity index (χ2n) is 6.20. The van der Waals surface area contributed by atoms with Crippen molar-refractivity contribution < 1.29 is 14.3 Å². The van der Waals surface area contributed by atoms with Crippen molar-refractivity contribution in [1.29, 1.82) is 0 Å². The van der Waals surface area contributed by atoms with Crippen LogP contribution in [0.15, 0.2) is 48.5 Å². The Kier molecular flexibility index (Phi) is 6.56. The summed E-state index contributed by atoms with van der Waals surface area (Å²) in [6, 6.07) is 14.9. The van der Waals surface area contributed by atoms with Crippen molar-refractivity contribution in [3.05, 3.63) is 65.5 Å². The maximum Gasteiger partial charge on any atom is 0.251 e. The number of nitrogens with one attached hydrogen (secondary N) is 1. The molecule has 146 valence electrons. The van der Waals surface area contributed by atoms with Crippen LogP contribution in [0.4, 0.5) is 0 Å². The van der Waals surface area contributed by atoms with Gasteiger partial charge >= 0.3 is 0 Å². The number of hydrogen-bond donors (Lipinski definition) is 1. The normalized spacial score (nSPS) is 10.5. The quantitative estimate of drug-likeness (QED) is 0.571. The SMILES string of the molecule is COc1ccccc1CCCNC(=O)c1ccc(OCc2nnnn2C)cc1. The number of tetrazole rings is 1. The van der Waals surface area contributed by atoms with E-state index < -0.39 is 0 Å². The molecule has 0 unspecified atom stereocenters. The van der Waals surface area contributed by atoms with Crippen LogP contribution in [-0.2, 0) is 20.1 Å². The Morgan fingerprint density at radius 2 is 1.93 bits per heavy atom. The number of carbonyl (C=O) groups excluding carboxylic acids is 1. The van der Waals surface area contributed by atoms with Crippen LogP contribution in [0.3, 0.4) is 0 Å². The highest BCUT2D eigenvalue weighted by Gasteiger charge is 2.07. The molecule has 0 bridgehead atoms. The second kappa shape index (κ2) is 9.50. The Morgan fingerprint density at radius 3 is 2.64 bits per heavy atom. The van der Waals surface area contributed by atoms with Gasteiger partial charge in [0.05, 0.1) is 7.11 Å². The zero-order valence-corrected chi connectivity index (χ0v) is 16.0. The molecule has 8 nitrogen and oxygen atoms in total. The van der Waals surface area contributed by atoms with Crippen molar-refractivity contribution in [3.8, 4) is 11.5 Å². The summed E-state index contributed by atoms with van der Waals surface area (Å²) >= 11 is 0. The van der Waals surface area contributed by atoms with Gasteiger partial charge in [0.1, 0.15) is 18.1 Å². The lowest BCUT2D eigenvalue weighted by molar-refractivity contribution is 0.0953. The third-order valence-electron chi connectivity index (χ3n) is 4.29. The second-order valence-corrected chi connectivity index (χ2v) is 6.20. The van der Waals surface area contributed by atoms with E-state index in [0.717, 1.165) is 24.2 Å². The average Bonchev–Trinajstić information content (AvgIpc) is 3.15. The summed E-state index contributed by atoms with van der Waals surface area (Å²) in [7, 11) is 3.41. The van der Waals surface area contributed by atoms with Crippen LogP contribution >= 0.6 is 0 Å². The van der Waals surface area contributed by atoms with Gasteiger partial charge in [0.25, 0.3) is 5.91 Å². The Hall–Kier alpha value is -3.42. The lowest BCUT2D eigenvalue weighted by atomic mass is 10.1. The topological polar surface area (TPSA) is 91.2 Å². The molecule has 28 heavy (non-hydrogen) atoms. The number of carbonyl (C=O) groups is 1. The molecule has 0 aliphatic heterocycles. The summed E-state index contributed by atoms with van der Waals surface area (Å²) in [6.45, 7) is 0.853. The standard InChI is InChI=1S/C20H23N5O3/c1-25-19(22-23-24-25)14-28-17-11-9-16(10-12-17)20(26)21-13-5-7-15-6-3-4-8-18(15)27-2/h3-4,6,8-12H,5,7,13-14H2,1-2H3,(H,21,26). The number of aryl methyl sites for hydroxylation is 2. The van der Waals surface area contributed by atoms with E-state index in [1.807, 2.05) is 24.3 Å². The molecule has 0 aliphatic carbocycles. The Bertz CT molecular complexity index is 908. The van der Waals surface area contributed by atoms with Gasteiger partial charge in [0.15, 0.2) is 5.82 Å². The molecule has 0 fully saturated rings. The number of nitrogens with zero attached hydrogens (tertiary/aromatic N) is 4. The first-order chi connectivity index (χ1) is 13.7. The third kappa shape index (κ3) is 5.06. The average molecular weight is 381 g/mol. The van der Waals surface area contributed by atoms with Gasteiger partial charge in [0, 0.05) is 19.2 Å². The van der Waals surface area contributed by atoms with Gasteiger partial charge in [-0.05, 0) is 59.2 Å². The maximum atomic E-state index is 12.3. The van der Waals surface area contributed by atoms with Gasteiger partial charge in [-0.1, -0.05) is 18.2 Å². The Labute approximate surface area is 163 Å². The molecule has 3 aromatic rings. The molecule has 1 amide bonds. The van der Waals surface area contributed by atoms with Crippen molar-refractivity contribution in [2.45, 2.75) is 19.4 Å². The highest BCUT2D eigenvalue weighted by atomic mass is 16.5. The van der Waals surface area contributed by atoms with Gasteiger partial charge in [-0.2, -0.15) is 0 Å². The minimum Gasteiger partial charge on any atom is -0.496 e. The number of methoxy groups -OCH3 is 1. The predicted molar refractivity (Wildman–Crippen MR) is 103 cm³/mol. The van der Waals surface area contributed by atoms with Crippen LogP contribution in [0.25, 0.3) is 0 Å². The first-order valence-corrected chi connectivity index (χ1v) is 9.01. The summed E-state index contributed by atoms with van der Waals surface area (Å²) in [6.07, 6.45) is 1.67. The van der Waals surface area contributed by atoms with Gasteiger partial charge in [-0.15, -0.1) is 5.10 Å². The number of hydrogen-bond acceptors (Lipinski definition) is 6. The Morgan fingerprint density at radius 1 is 1.14 bits per heavy atom. The molecular formula is C20H23N5O3. The molecule has 1 aromatic heterocycles. The molecule has 0 radical (unpaired) electrons. The summed E-state index contributed by atoms with van der Waals surface area (Å²) in [4.78, 5) is 12.3. The molecule has 0 aliphatic rings. The van der Waals surface area contributed by atoms with Crippen LogP contribution < -0.4 is 14.8 Å². The van der Waals surface area contributed by atoms with E-state index >= 15 is 0 Å². The van der Waals surface area contributed by atoms with Crippen LogP contribution in [0.2, 0.25) is 0 Å². The summed E-state index contributed by atoms with van der Waals surface area (Å²) in [5, 5.41) is 14.1. The van der Waals surface area contributed by atoms with Crippen molar-refractivity contribution in [3.63, 3.8) is 0 Å². The molecule has 0 atom stereocenters. The van der Waals surface area contributed by atoms with E-state index in [0.29, 0.717) is 23.7 Å². The molecule has 2 aromatic carbocycles. The van der Waals surface area contributed by atoms with Crippen LogP contribution in [0.5, 0.6) is 11.5 Å². The monoisotopic (exact) mass is 381 g/mol. The highest BCUT2D eigenvalue weighted by Crippen LogP contribution is 2.18. The molecule has 0 spiro atoms. The number of aromatic nitrogens is 4. The summed E-state index contributed by atoms with van der Waals surface area (Å²) in [5.41, 5.74) is 1.73. The number of ether oxygens (including phenoxy) is 2. The fraction of sp³-hybridized carbons (Fsp3) is 0.300. The number of para-hydroxylation sites is 1. The van der Waals surface area contributed by atoms with Gasteiger partial charge in [-0.25, -0.2) is 4.68 Å². The van der Waals surface area contributed by atoms with Gasteiger partial charge in [0.2, 0.25) is 0 Å². The Balaban J connectivity index is 1.43. The zero-order chi connectivity index (χ0) is 19.8. The van der Waals surface area contributed by atoms with E-state index in [1.54, 1.807) is 43.1 Å². The van der Waals surface area contributed by atoms with E-state index in [4.69, 9.17) is 9.47 Å². The fourth-order valence-corrected chi connectivity index (χ4v) is 2.71. The molecular weight excluding hydrogens is 358 g/mol. The van der Waals surface area contributed by atoms with Gasteiger partial charge in [-0.3, -0.25) is 4.79 Å². The lowest BCUT2D eigenvalue weighted by Gasteiger charge is -2.09. The molecule has 8 heteroatoms. The van der Waals surface area contributed by atoms with Crippen LogP contribution in [-0.4, -0.2) is 39.8 Å². The van der Waals surface area contributed by atoms with E-state index in [1.165, 1.54) is 0 Å². The van der Waals surface area contributed by atoms with Crippen molar-refractivity contribution >= 4 is 5.91 Å². The molecule has 3 rings (SSSR count). The van der Waals surface area contributed by atoms with Gasteiger partial charge < -0.3 is 14.8 Å². The zero-order valence-electron chi connectivity index (χ0n) is 16.0. The van der Waals surface area contributed by atoms with Crippen LogP contribution in [0.1, 0.15) is 28.2 Å². The third-order valence-corrected chi connectivity index (χ3v) is 4.29. The van der Waals surface area contributed by atoms with Crippen molar-refractivity contribution in [2.24, 2.45) is 7.05 Å². The first kappa shape index (κ1) is 19.3. The lowest BCUT2D eigenvalue weighted by Crippen LogP contribution is -2.24. The van der Waals surface area contributed by atoms with E-state index in [-0.39, 0.29) is 12.5 Å². The van der Waals surface area contributed by atoms with E-state index in [2.05, 4.69) is 20.8 Å². The van der Waals surface area contributed by atoms with Crippen LogP contribution in [0, 0.1) is 0 Å². The van der Waals surface area contributed by atoms with E-state index in [9.17, 15) is 4.79 Å².